The lowest BCUT2D eigenvalue weighted by atomic mass is 9.67. The molecule has 0 N–H and O–H groups in total. The lowest BCUT2D eigenvalue weighted by Gasteiger charge is -2.34. The summed E-state index contributed by atoms with van der Waals surface area (Å²) >= 11 is 0. The van der Waals surface area contributed by atoms with E-state index in [1.807, 2.05) is 0 Å². The van der Waals surface area contributed by atoms with Gasteiger partial charge in [0, 0.05) is 32.9 Å². The van der Waals surface area contributed by atoms with Gasteiger partial charge in [0.15, 0.2) is 0 Å². The van der Waals surface area contributed by atoms with Gasteiger partial charge in [-0.05, 0) is 185 Å². The van der Waals surface area contributed by atoms with Crippen molar-refractivity contribution in [3.8, 4) is 78.1 Å². The van der Waals surface area contributed by atoms with Crippen LogP contribution in [-0.4, -0.2) is 9.13 Å². The van der Waals surface area contributed by atoms with Crippen LogP contribution in [0.15, 0.2) is 328 Å². The smallest absolute Gasteiger partial charge is 0.0713 e. The average molecular weight is 1120 g/mol. The molecule has 88 heavy (non-hydrogen) atoms. The first-order valence-corrected chi connectivity index (χ1v) is 30.9. The van der Waals surface area contributed by atoms with Crippen molar-refractivity contribution >= 4 is 49.2 Å². The molecule has 0 saturated carbocycles. The van der Waals surface area contributed by atoms with Crippen molar-refractivity contribution in [3.63, 3.8) is 0 Å². The van der Waals surface area contributed by atoms with E-state index in [0.717, 1.165) is 17.8 Å². The van der Waals surface area contributed by atoms with Gasteiger partial charge >= 0.3 is 0 Å². The molecule has 0 amide bonds. The fraction of sp³-hybridized carbons (Fsp3) is 0.0465. The van der Waals surface area contributed by atoms with Gasteiger partial charge in [0.1, 0.15) is 0 Å². The second kappa shape index (κ2) is 20.9. The molecular formula is C86H60N2. The molecule has 2 heteroatoms. The summed E-state index contributed by atoms with van der Waals surface area (Å²) in [6.45, 7) is 2.29. The Morgan fingerprint density at radius 3 is 1.22 bits per heavy atom. The summed E-state index contributed by atoms with van der Waals surface area (Å²) in [5.74, 6) is 0.554. The Kier molecular flexibility index (Phi) is 12.2. The molecule has 1 unspecified atom stereocenters. The summed E-state index contributed by atoms with van der Waals surface area (Å²) in [6.07, 6.45) is 8.12. The molecule has 1 atom stereocenters. The Bertz CT molecular complexity index is 5240. The molecular weight excluding hydrogens is 1060 g/mol. The second-order valence-electron chi connectivity index (χ2n) is 24.0. The summed E-state index contributed by atoms with van der Waals surface area (Å²) in [5, 5.41) is 4.96. The molecule has 2 nitrogen and oxygen atoms in total. The minimum absolute atomic E-state index is 0.551. The summed E-state index contributed by atoms with van der Waals surface area (Å²) in [7, 11) is 0. The molecule has 0 aliphatic heterocycles. The maximum Gasteiger partial charge on any atom is 0.0713 e. The van der Waals surface area contributed by atoms with E-state index in [4.69, 9.17) is 0 Å². The van der Waals surface area contributed by atoms with Crippen LogP contribution in [0.25, 0.3) is 127 Å². The van der Waals surface area contributed by atoms with Crippen molar-refractivity contribution in [2.75, 3.05) is 0 Å². The van der Waals surface area contributed by atoms with Crippen molar-refractivity contribution in [2.24, 2.45) is 5.92 Å². The number of para-hydroxylation sites is 2. The van der Waals surface area contributed by atoms with Crippen molar-refractivity contribution in [1.29, 1.82) is 0 Å². The number of aromatic nitrogens is 2. The van der Waals surface area contributed by atoms with Crippen molar-refractivity contribution < 1.29 is 0 Å². The van der Waals surface area contributed by atoms with Gasteiger partial charge in [0.2, 0.25) is 0 Å². The fourth-order valence-corrected chi connectivity index (χ4v) is 14.7. The third-order valence-electron chi connectivity index (χ3n) is 19.0. The number of hydrogen-bond acceptors (Lipinski definition) is 0. The summed E-state index contributed by atoms with van der Waals surface area (Å²) < 4.78 is 4.82. The van der Waals surface area contributed by atoms with E-state index < -0.39 is 5.41 Å². The van der Waals surface area contributed by atoms with Crippen LogP contribution in [0.1, 0.15) is 41.2 Å². The minimum atomic E-state index is -0.551. The highest BCUT2D eigenvalue weighted by atomic mass is 15.0. The zero-order chi connectivity index (χ0) is 58.3. The molecule has 2 aliphatic rings. The molecule has 0 fully saturated rings. The Morgan fingerprint density at radius 1 is 0.295 bits per heavy atom. The van der Waals surface area contributed by atoms with Crippen LogP contribution in [0.4, 0.5) is 0 Å². The molecule has 0 spiro atoms. The van der Waals surface area contributed by atoms with E-state index in [1.165, 1.54) is 144 Å². The number of nitrogens with zero attached hydrogens (tertiary/aromatic N) is 2. The maximum atomic E-state index is 2.47. The Labute approximate surface area is 513 Å². The van der Waals surface area contributed by atoms with E-state index in [1.54, 1.807) is 0 Å². The van der Waals surface area contributed by atoms with Crippen LogP contribution in [0.3, 0.4) is 0 Å². The van der Waals surface area contributed by atoms with Crippen molar-refractivity contribution in [3.05, 3.63) is 355 Å². The van der Waals surface area contributed by atoms with Crippen LogP contribution in [0.2, 0.25) is 0 Å². The third kappa shape index (κ3) is 8.32. The standard InChI is InChI=1S/C86H60N2/c1-57-33-35-63(36-34-57)72-23-5-6-24-73(72)67-20-16-22-69(54-67)86(80-29-11-7-25-74(80)75-26-8-12-30-81(75)86)68-21-15-19-64(53-68)62-39-37-59(38-40-62)61-43-49-71(50-44-61)88-83-32-14-10-28-77(83)79-56-66(46-52-85(79)88)65-45-51-84-78(55-65)76-27-9-13-31-82(76)87(84)70-47-41-60(42-48-70)58-17-3-2-4-18-58/h2-33,35-57H,34H2,1H3. The maximum absolute atomic E-state index is 2.47. The van der Waals surface area contributed by atoms with Gasteiger partial charge in [-0.3, -0.25) is 0 Å². The summed E-state index contributed by atoms with van der Waals surface area (Å²) in [5.41, 5.74) is 28.8. The van der Waals surface area contributed by atoms with E-state index in [9.17, 15) is 0 Å². The zero-order valence-electron chi connectivity index (χ0n) is 48.9. The van der Waals surface area contributed by atoms with Crippen molar-refractivity contribution in [2.45, 2.75) is 18.8 Å². The van der Waals surface area contributed by atoms with Crippen LogP contribution in [-0.2, 0) is 5.41 Å². The van der Waals surface area contributed by atoms with Gasteiger partial charge in [0.05, 0.1) is 27.5 Å². The molecule has 0 saturated heterocycles. The Morgan fingerprint density at radius 2 is 0.682 bits per heavy atom. The largest absolute Gasteiger partial charge is 0.309 e. The normalized spacial score (nSPS) is 14.1. The molecule has 2 heterocycles. The van der Waals surface area contributed by atoms with E-state index in [0.29, 0.717) is 5.92 Å². The predicted molar refractivity (Wildman–Crippen MR) is 371 cm³/mol. The van der Waals surface area contributed by atoms with E-state index >= 15 is 0 Å². The highest BCUT2D eigenvalue weighted by Crippen LogP contribution is 2.57. The van der Waals surface area contributed by atoms with Gasteiger partial charge in [0.25, 0.3) is 0 Å². The van der Waals surface area contributed by atoms with Gasteiger partial charge in [-0.15, -0.1) is 0 Å². The number of fused-ring (bicyclic) bond motifs is 9. The van der Waals surface area contributed by atoms with Gasteiger partial charge in [-0.25, -0.2) is 0 Å². The fourth-order valence-electron chi connectivity index (χ4n) is 14.7. The summed E-state index contributed by atoms with van der Waals surface area (Å²) in [6, 6.07) is 115. The number of allylic oxidation sites excluding steroid dienone is 4. The molecule has 2 aromatic heterocycles. The van der Waals surface area contributed by atoms with Crippen LogP contribution in [0.5, 0.6) is 0 Å². The van der Waals surface area contributed by atoms with Crippen molar-refractivity contribution in [1.82, 2.24) is 9.13 Å². The first kappa shape index (κ1) is 51.4. The molecule has 2 aliphatic carbocycles. The average Bonchev–Trinajstić information content (AvgIpc) is 1.55. The number of benzene rings is 13. The number of rotatable bonds is 10. The summed E-state index contributed by atoms with van der Waals surface area (Å²) in [4.78, 5) is 0. The third-order valence-corrected chi connectivity index (χ3v) is 19.0. The van der Waals surface area contributed by atoms with E-state index in [-0.39, 0.29) is 0 Å². The minimum Gasteiger partial charge on any atom is -0.309 e. The van der Waals surface area contributed by atoms with Gasteiger partial charge < -0.3 is 9.13 Å². The Hall–Kier alpha value is -11.1. The van der Waals surface area contributed by atoms with Gasteiger partial charge in [-0.1, -0.05) is 262 Å². The topological polar surface area (TPSA) is 9.86 Å². The van der Waals surface area contributed by atoms with E-state index in [2.05, 4.69) is 344 Å². The predicted octanol–water partition coefficient (Wildman–Crippen LogP) is 22.6. The first-order valence-electron chi connectivity index (χ1n) is 30.9. The van der Waals surface area contributed by atoms with Crippen LogP contribution in [0, 0.1) is 5.92 Å². The quantitative estimate of drug-likeness (QED) is 0.129. The molecule has 0 radical (unpaired) electrons. The van der Waals surface area contributed by atoms with Crippen LogP contribution >= 0.6 is 0 Å². The Balaban J connectivity index is 0.688. The molecule has 0 bridgehead atoms. The molecule has 414 valence electrons. The van der Waals surface area contributed by atoms with Crippen LogP contribution < -0.4 is 0 Å². The van der Waals surface area contributed by atoms with Gasteiger partial charge in [-0.2, -0.15) is 0 Å². The first-order chi connectivity index (χ1) is 43.5. The SMILES string of the molecule is CC1C=CC(c2ccccc2-c2cccc(C3(c4cccc(-c5ccc(-c6ccc(-n7c8ccccc8c8cc(-c9ccc%10c(c9)c9ccccc9n%10-c9ccc(-c%10ccccc%10)cc9)ccc87)cc6)cc5)c4)c4ccccc4-c4ccccc43)c2)=CC1. The monoisotopic (exact) mass is 1120 g/mol. The lowest BCUT2D eigenvalue weighted by Crippen LogP contribution is -2.28. The zero-order valence-corrected chi connectivity index (χ0v) is 48.9. The second-order valence-corrected chi connectivity index (χ2v) is 24.0. The highest BCUT2D eigenvalue weighted by molar-refractivity contribution is 6.13. The highest BCUT2D eigenvalue weighted by Gasteiger charge is 2.46. The molecule has 13 aromatic carbocycles. The lowest BCUT2D eigenvalue weighted by molar-refractivity contribution is 0.739. The number of hydrogen-bond donors (Lipinski definition) is 0. The molecule has 15 aromatic rings. The molecule has 17 rings (SSSR count).